The largest absolute Gasteiger partial charge is 0.309 e. The SMILES string of the molecule is C=C/C=C\c1c(-c2ccc3c(c2)c2ccccc2n3-c2ccccc2)c2ccccc2n1-c1cccc(-c2nc(-c3ccccc3)cc(-c3ccccc3)n2)c1. The number of benzene rings is 7. The number of hydrogen-bond acceptors (Lipinski definition) is 2. The average Bonchev–Trinajstić information content (AvgIpc) is 3.79. The summed E-state index contributed by atoms with van der Waals surface area (Å²) in [6.45, 7) is 4.05. The van der Waals surface area contributed by atoms with Crippen molar-refractivity contribution in [1.29, 1.82) is 0 Å². The van der Waals surface area contributed by atoms with E-state index in [4.69, 9.17) is 9.97 Å². The second-order valence-corrected chi connectivity index (χ2v) is 13.9. The fourth-order valence-electron chi connectivity index (χ4n) is 8.02. The summed E-state index contributed by atoms with van der Waals surface area (Å²) in [5.41, 5.74) is 13.8. The van der Waals surface area contributed by atoms with Crippen molar-refractivity contribution in [2.45, 2.75) is 0 Å². The van der Waals surface area contributed by atoms with Crippen molar-refractivity contribution in [3.05, 3.63) is 212 Å². The van der Waals surface area contributed by atoms with E-state index in [1.165, 1.54) is 27.2 Å². The second-order valence-electron chi connectivity index (χ2n) is 13.9. The van der Waals surface area contributed by atoms with E-state index in [0.29, 0.717) is 5.82 Å². The number of nitrogens with zero attached hydrogens (tertiary/aromatic N) is 4. The van der Waals surface area contributed by atoms with Crippen LogP contribution < -0.4 is 0 Å². The Kier molecular flexibility index (Phi) is 8.27. The molecule has 0 spiro atoms. The van der Waals surface area contributed by atoms with Gasteiger partial charge in [-0.05, 0) is 66.2 Å². The maximum absolute atomic E-state index is 5.15. The van der Waals surface area contributed by atoms with Gasteiger partial charge in [0.05, 0.1) is 33.6 Å². The summed E-state index contributed by atoms with van der Waals surface area (Å²) >= 11 is 0. The molecule has 56 heavy (non-hydrogen) atoms. The van der Waals surface area contributed by atoms with Crippen LogP contribution in [0.4, 0.5) is 0 Å². The van der Waals surface area contributed by atoms with Gasteiger partial charge in [0.2, 0.25) is 0 Å². The molecule has 0 bridgehead atoms. The van der Waals surface area contributed by atoms with Crippen LogP contribution in [0.5, 0.6) is 0 Å². The van der Waals surface area contributed by atoms with Crippen molar-refractivity contribution >= 4 is 38.8 Å². The van der Waals surface area contributed by atoms with Gasteiger partial charge in [-0.2, -0.15) is 0 Å². The zero-order valence-electron chi connectivity index (χ0n) is 30.6. The van der Waals surface area contributed by atoms with Crippen molar-refractivity contribution in [2.75, 3.05) is 0 Å². The fraction of sp³-hybridized carbons (Fsp3) is 0. The fourth-order valence-corrected chi connectivity index (χ4v) is 8.02. The molecule has 0 fully saturated rings. The van der Waals surface area contributed by atoms with E-state index in [9.17, 15) is 0 Å². The molecule has 0 unspecified atom stereocenters. The lowest BCUT2D eigenvalue weighted by Gasteiger charge is -2.13. The van der Waals surface area contributed by atoms with Gasteiger partial charge in [0.1, 0.15) is 0 Å². The summed E-state index contributed by atoms with van der Waals surface area (Å²) in [7, 11) is 0. The van der Waals surface area contributed by atoms with Crippen LogP contribution in [0.15, 0.2) is 207 Å². The Labute approximate surface area is 325 Å². The minimum Gasteiger partial charge on any atom is -0.309 e. The summed E-state index contributed by atoms with van der Waals surface area (Å²) in [5, 5.41) is 3.60. The van der Waals surface area contributed by atoms with Gasteiger partial charge in [-0.15, -0.1) is 0 Å². The zero-order chi connectivity index (χ0) is 37.4. The molecule has 4 heteroatoms. The van der Waals surface area contributed by atoms with Crippen LogP contribution in [0.25, 0.3) is 95.2 Å². The summed E-state index contributed by atoms with van der Waals surface area (Å²) < 4.78 is 4.71. The first-order valence-electron chi connectivity index (χ1n) is 18.9. The maximum Gasteiger partial charge on any atom is 0.160 e. The molecule has 0 aliphatic rings. The molecule has 0 radical (unpaired) electrons. The smallest absolute Gasteiger partial charge is 0.160 e. The van der Waals surface area contributed by atoms with E-state index in [-0.39, 0.29) is 0 Å². The van der Waals surface area contributed by atoms with E-state index in [1.807, 2.05) is 48.6 Å². The van der Waals surface area contributed by atoms with Crippen molar-refractivity contribution in [1.82, 2.24) is 19.1 Å². The average molecular weight is 717 g/mol. The first kappa shape index (κ1) is 33.0. The van der Waals surface area contributed by atoms with Gasteiger partial charge in [0.15, 0.2) is 5.82 Å². The standard InChI is InChI=1S/C52H36N4/c1-2-3-28-50-51(38-31-32-49-44(34-38)42-26-13-15-29-47(42)55(49)40-23-11-6-12-24-40)43-27-14-16-30-48(43)56(50)41-25-17-22-39(33-41)52-53-45(36-18-7-4-8-19-36)35-46(54-52)37-20-9-5-10-21-37/h2-35H,1H2/b28-3-. The molecule has 3 heterocycles. The number of hydrogen-bond donors (Lipinski definition) is 0. The van der Waals surface area contributed by atoms with Crippen LogP contribution in [0, 0.1) is 0 Å². The molecule has 0 amide bonds. The molecule has 264 valence electrons. The van der Waals surface area contributed by atoms with Crippen LogP contribution in [0.3, 0.4) is 0 Å². The van der Waals surface area contributed by atoms with Gasteiger partial charge in [0, 0.05) is 49.8 Å². The number of aromatic nitrogens is 4. The topological polar surface area (TPSA) is 35.6 Å². The third-order valence-corrected chi connectivity index (χ3v) is 10.5. The Balaban J connectivity index is 1.18. The van der Waals surface area contributed by atoms with E-state index in [2.05, 4.69) is 173 Å². The molecule has 10 rings (SSSR count). The van der Waals surface area contributed by atoms with Gasteiger partial charge in [0.25, 0.3) is 0 Å². The summed E-state index contributed by atoms with van der Waals surface area (Å²) in [4.78, 5) is 10.3. The molecule has 0 aliphatic carbocycles. The quantitative estimate of drug-likeness (QED) is 0.147. The minimum atomic E-state index is 0.673. The lowest BCUT2D eigenvalue weighted by atomic mass is 9.99. The number of rotatable bonds is 8. The first-order valence-corrected chi connectivity index (χ1v) is 18.9. The zero-order valence-corrected chi connectivity index (χ0v) is 30.6. The Bertz CT molecular complexity index is 3020. The molecule has 3 aromatic heterocycles. The Hall–Kier alpha value is -7.56. The number of fused-ring (bicyclic) bond motifs is 4. The Morgan fingerprint density at radius 1 is 0.411 bits per heavy atom. The van der Waals surface area contributed by atoms with Crippen LogP contribution in [0.1, 0.15) is 5.69 Å². The third-order valence-electron chi connectivity index (χ3n) is 10.5. The molecule has 0 saturated heterocycles. The molecule has 0 N–H and O–H groups in total. The van der Waals surface area contributed by atoms with Crippen LogP contribution in [-0.4, -0.2) is 19.1 Å². The molecular weight excluding hydrogens is 681 g/mol. The number of para-hydroxylation sites is 3. The molecular formula is C52H36N4. The van der Waals surface area contributed by atoms with Gasteiger partial charge in [-0.25, -0.2) is 9.97 Å². The van der Waals surface area contributed by atoms with Gasteiger partial charge in [-0.1, -0.05) is 152 Å². The van der Waals surface area contributed by atoms with Crippen LogP contribution in [-0.2, 0) is 0 Å². The highest BCUT2D eigenvalue weighted by Gasteiger charge is 2.21. The first-order chi connectivity index (χ1) is 27.7. The van der Waals surface area contributed by atoms with Crippen molar-refractivity contribution in [3.63, 3.8) is 0 Å². The maximum atomic E-state index is 5.15. The van der Waals surface area contributed by atoms with Gasteiger partial charge >= 0.3 is 0 Å². The van der Waals surface area contributed by atoms with Crippen molar-refractivity contribution in [3.8, 4) is 56.4 Å². The predicted octanol–water partition coefficient (Wildman–Crippen LogP) is 13.4. The van der Waals surface area contributed by atoms with Crippen LogP contribution in [0.2, 0.25) is 0 Å². The third kappa shape index (κ3) is 5.72. The van der Waals surface area contributed by atoms with Crippen molar-refractivity contribution in [2.24, 2.45) is 0 Å². The normalized spacial score (nSPS) is 11.6. The van der Waals surface area contributed by atoms with Gasteiger partial charge in [-0.3, -0.25) is 0 Å². The highest BCUT2D eigenvalue weighted by Crippen LogP contribution is 2.41. The van der Waals surface area contributed by atoms with E-state index < -0.39 is 0 Å². The molecule has 0 saturated carbocycles. The van der Waals surface area contributed by atoms with Crippen LogP contribution >= 0.6 is 0 Å². The molecule has 0 atom stereocenters. The van der Waals surface area contributed by atoms with E-state index in [0.717, 1.165) is 61.8 Å². The van der Waals surface area contributed by atoms with E-state index in [1.54, 1.807) is 0 Å². The highest BCUT2D eigenvalue weighted by atomic mass is 15.0. The Morgan fingerprint density at radius 3 is 1.64 bits per heavy atom. The lowest BCUT2D eigenvalue weighted by molar-refractivity contribution is 1.10. The predicted molar refractivity (Wildman–Crippen MR) is 234 cm³/mol. The second kappa shape index (κ2) is 14.0. The summed E-state index contributed by atoms with van der Waals surface area (Å²) in [6, 6.07) is 66.2. The molecule has 7 aromatic carbocycles. The number of allylic oxidation sites excluding steroid dienone is 2. The monoisotopic (exact) mass is 716 g/mol. The highest BCUT2D eigenvalue weighted by molar-refractivity contribution is 6.12. The summed E-state index contributed by atoms with van der Waals surface area (Å²) in [6.07, 6.45) is 6.04. The van der Waals surface area contributed by atoms with Gasteiger partial charge < -0.3 is 9.13 Å². The lowest BCUT2D eigenvalue weighted by Crippen LogP contribution is -2.00. The Morgan fingerprint density at radius 2 is 0.964 bits per heavy atom. The molecule has 4 nitrogen and oxygen atoms in total. The molecule has 10 aromatic rings. The molecule has 0 aliphatic heterocycles. The van der Waals surface area contributed by atoms with Crippen molar-refractivity contribution < 1.29 is 0 Å². The van der Waals surface area contributed by atoms with E-state index >= 15 is 0 Å². The minimum absolute atomic E-state index is 0.673. The summed E-state index contributed by atoms with van der Waals surface area (Å²) in [5.74, 6) is 0.673.